The van der Waals surface area contributed by atoms with Crippen molar-refractivity contribution < 1.29 is 9.50 Å². The number of aliphatic hydroxyl groups is 1. The third-order valence-corrected chi connectivity index (χ3v) is 3.35. The molecule has 0 saturated carbocycles. The lowest BCUT2D eigenvalue weighted by atomic mass is 9.98. The summed E-state index contributed by atoms with van der Waals surface area (Å²) in [6, 6.07) is 8.47. The second-order valence-corrected chi connectivity index (χ2v) is 4.69. The van der Waals surface area contributed by atoms with Gasteiger partial charge < -0.3 is 5.11 Å². The highest BCUT2D eigenvalue weighted by Crippen LogP contribution is 2.22. The lowest BCUT2D eigenvalue weighted by Gasteiger charge is -2.15. The monoisotopic (exact) mass is 259 g/mol. The smallest absolute Gasteiger partial charge is 0.123 e. The molecule has 1 atom stereocenters. The van der Waals surface area contributed by atoms with Gasteiger partial charge >= 0.3 is 0 Å². The van der Waals surface area contributed by atoms with Gasteiger partial charge in [-0.25, -0.2) is 4.39 Å². The number of benzene rings is 1. The van der Waals surface area contributed by atoms with Crippen LogP contribution in [-0.2, 0) is 12.8 Å². The molecule has 1 unspecified atom stereocenters. The molecule has 0 bridgehead atoms. The Bertz CT molecular complexity index is 568. The van der Waals surface area contributed by atoms with E-state index in [0.29, 0.717) is 12.1 Å². The van der Waals surface area contributed by atoms with E-state index in [0.717, 1.165) is 23.1 Å². The molecule has 0 aliphatic carbocycles. The van der Waals surface area contributed by atoms with E-state index in [1.165, 1.54) is 12.1 Å². The number of aliphatic hydroxyl groups excluding tert-OH is 1. The minimum atomic E-state index is -0.698. The van der Waals surface area contributed by atoms with Gasteiger partial charge in [0.15, 0.2) is 0 Å². The molecule has 3 heteroatoms. The van der Waals surface area contributed by atoms with E-state index >= 15 is 0 Å². The van der Waals surface area contributed by atoms with Crippen LogP contribution in [0.15, 0.2) is 36.5 Å². The van der Waals surface area contributed by atoms with Crippen molar-refractivity contribution in [2.75, 3.05) is 0 Å². The zero-order valence-electron chi connectivity index (χ0n) is 11.2. The minimum Gasteiger partial charge on any atom is -0.386 e. The standard InChI is InChI=1S/C16H18FNO/c1-3-12-5-4-8-18-16(12)15(19)10-13-9-14(17)7-6-11(13)2/h4-9,15,19H,3,10H2,1-2H3. The molecule has 1 heterocycles. The Labute approximate surface area is 112 Å². The van der Waals surface area contributed by atoms with E-state index < -0.39 is 6.10 Å². The first-order chi connectivity index (χ1) is 9.11. The highest BCUT2D eigenvalue weighted by molar-refractivity contribution is 5.29. The Balaban J connectivity index is 2.25. The summed E-state index contributed by atoms with van der Waals surface area (Å²) in [6.07, 6.45) is 2.18. The van der Waals surface area contributed by atoms with Gasteiger partial charge in [-0.2, -0.15) is 0 Å². The quantitative estimate of drug-likeness (QED) is 0.913. The number of halogens is 1. The normalized spacial score (nSPS) is 12.4. The predicted molar refractivity (Wildman–Crippen MR) is 73.4 cm³/mol. The summed E-state index contributed by atoms with van der Waals surface area (Å²) in [6.45, 7) is 3.95. The first-order valence-electron chi connectivity index (χ1n) is 6.48. The molecule has 0 spiro atoms. The van der Waals surface area contributed by atoms with Crippen LogP contribution < -0.4 is 0 Å². The molecule has 1 N–H and O–H groups in total. The van der Waals surface area contributed by atoms with E-state index in [4.69, 9.17) is 0 Å². The molecule has 1 aromatic carbocycles. The third-order valence-electron chi connectivity index (χ3n) is 3.35. The summed E-state index contributed by atoms with van der Waals surface area (Å²) >= 11 is 0. The highest BCUT2D eigenvalue weighted by atomic mass is 19.1. The lowest BCUT2D eigenvalue weighted by Crippen LogP contribution is -2.08. The zero-order chi connectivity index (χ0) is 13.8. The van der Waals surface area contributed by atoms with Crippen molar-refractivity contribution in [1.82, 2.24) is 4.98 Å². The van der Waals surface area contributed by atoms with Crippen LogP contribution in [0.1, 0.15) is 35.4 Å². The largest absolute Gasteiger partial charge is 0.386 e. The molecule has 2 rings (SSSR count). The summed E-state index contributed by atoms with van der Waals surface area (Å²) < 4.78 is 13.2. The Hall–Kier alpha value is -1.74. The average molecular weight is 259 g/mol. The van der Waals surface area contributed by atoms with E-state index in [1.807, 2.05) is 26.0 Å². The van der Waals surface area contributed by atoms with Gasteiger partial charge in [0.25, 0.3) is 0 Å². The molecule has 1 aromatic heterocycles. The molecule has 0 aliphatic heterocycles. The number of aryl methyl sites for hydroxylation is 2. The molecule has 0 fully saturated rings. The molecule has 19 heavy (non-hydrogen) atoms. The summed E-state index contributed by atoms with van der Waals surface area (Å²) in [5.41, 5.74) is 3.52. The number of aromatic nitrogens is 1. The fourth-order valence-corrected chi connectivity index (χ4v) is 2.21. The molecule has 0 amide bonds. The minimum absolute atomic E-state index is 0.274. The van der Waals surface area contributed by atoms with E-state index in [-0.39, 0.29) is 5.82 Å². The molecule has 0 radical (unpaired) electrons. The number of hydrogen-bond acceptors (Lipinski definition) is 2. The van der Waals surface area contributed by atoms with Crippen molar-refractivity contribution in [3.05, 3.63) is 64.7 Å². The van der Waals surface area contributed by atoms with Gasteiger partial charge in [0.2, 0.25) is 0 Å². The average Bonchev–Trinajstić information content (AvgIpc) is 2.42. The second-order valence-electron chi connectivity index (χ2n) is 4.69. The van der Waals surface area contributed by atoms with Crippen LogP contribution >= 0.6 is 0 Å². The number of rotatable bonds is 4. The number of hydrogen-bond donors (Lipinski definition) is 1. The Morgan fingerprint density at radius 2 is 2.05 bits per heavy atom. The Morgan fingerprint density at radius 1 is 1.26 bits per heavy atom. The summed E-state index contributed by atoms with van der Waals surface area (Å²) in [5, 5.41) is 10.3. The number of nitrogens with zero attached hydrogens (tertiary/aromatic N) is 1. The van der Waals surface area contributed by atoms with Gasteiger partial charge in [-0.1, -0.05) is 19.1 Å². The Morgan fingerprint density at radius 3 is 2.79 bits per heavy atom. The van der Waals surface area contributed by atoms with E-state index in [9.17, 15) is 9.50 Å². The van der Waals surface area contributed by atoms with Gasteiger partial charge in [0.1, 0.15) is 11.9 Å². The molecular weight excluding hydrogens is 241 g/mol. The van der Waals surface area contributed by atoms with Crippen molar-refractivity contribution in [1.29, 1.82) is 0 Å². The summed E-state index contributed by atoms with van der Waals surface area (Å²) in [7, 11) is 0. The van der Waals surface area contributed by atoms with Crippen molar-refractivity contribution in [3.8, 4) is 0 Å². The molecule has 2 aromatic rings. The fraction of sp³-hybridized carbons (Fsp3) is 0.312. The van der Waals surface area contributed by atoms with Gasteiger partial charge in [-0.15, -0.1) is 0 Å². The maximum atomic E-state index is 13.2. The van der Waals surface area contributed by atoms with Crippen LogP contribution in [-0.4, -0.2) is 10.1 Å². The topological polar surface area (TPSA) is 33.1 Å². The highest BCUT2D eigenvalue weighted by Gasteiger charge is 2.15. The van der Waals surface area contributed by atoms with Crippen LogP contribution in [0.4, 0.5) is 4.39 Å². The molecular formula is C16H18FNO. The SMILES string of the molecule is CCc1cccnc1C(O)Cc1cc(F)ccc1C. The zero-order valence-corrected chi connectivity index (χ0v) is 11.2. The molecule has 0 saturated heterocycles. The van der Waals surface area contributed by atoms with Gasteiger partial charge in [-0.3, -0.25) is 4.98 Å². The maximum absolute atomic E-state index is 13.2. The first kappa shape index (κ1) is 13.7. The molecule has 100 valence electrons. The van der Waals surface area contributed by atoms with Crippen LogP contribution in [0.25, 0.3) is 0 Å². The van der Waals surface area contributed by atoms with Crippen LogP contribution in [0.3, 0.4) is 0 Å². The molecule has 2 nitrogen and oxygen atoms in total. The van der Waals surface area contributed by atoms with Crippen molar-refractivity contribution in [3.63, 3.8) is 0 Å². The van der Waals surface area contributed by atoms with Crippen molar-refractivity contribution in [2.45, 2.75) is 32.8 Å². The predicted octanol–water partition coefficient (Wildman–Crippen LogP) is 3.37. The summed E-state index contributed by atoms with van der Waals surface area (Å²) in [4.78, 5) is 4.25. The van der Waals surface area contributed by atoms with Gasteiger partial charge in [0.05, 0.1) is 5.69 Å². The first-order valence-corrected chi connectivity index (χ1v) is 6.48. The fourth-order valence-electron chi connectivity index (χ4n) is 2.21. The summed E-state index contributed by atoms with van der Waals surface area (Å²) in [5.74, 6) is -0.274. The van der Waals surface area contributed by atoms with Crippen LogP contribution in [0.5, 0.6) is 0 Å². The van der Waals surface area contributed by atoms with Crippen LogP contribution in [0, 0.1) is 12.7 Å². The second kappa shape index (κ2) is 5.93. The van der Waals surface area contributed by atoms with E-state index in [1.54, 1.807) is 12.3 Å². The van der Waals surface area contributed by atoms with Crippen LogP contribution in [0.2, 0.25) is 0 Å². The lowest BCUT2D eigenvalue weighted by molar-refractivity contribution is 0.172. The number of pyridine rings is 1. The van der Waals surface area contributed by atoms with E-state index in [2.05, 4.69) is 4.98 Å². The van der Waals surface area contributed by atoms with Crippen molar-refractivity contribution >= 4 is 0 Å². The third kappa shape index (κ3) is 3.18. The Kier molecular flexibility index (Phi) is 4.27. The van der Waals surface area contributed by atoms with Gasteiger partial charge in [0, 0.05) is 12.6 Å². The van der Waals surface area contributed by atoms with Gasteiger partial charge in [-0.05, 0) is 48.2 Å². The molecule has 0 aliphatic rings. The maximum Gasteiger partial charge on any atom is 0.123 e. The van der Waals surface area contributed by atoms with Crippen molar-refractivity contribution in [2.24, 2.45) is 0 Å².